The Kier molecular flexibility index (Phi) is 7.35. The van der Waals surface area contributed by atoms with Crippen LogP contribution < -0.4 is 15.5 Å². The van der Waals surface area contributed by atoms with E-state index in [1.54, 1.807) is 46.2 Å². The Morgan fingerprint density at radius 1 is 1.19 bits per heavy atom. The maximum absolute atomic E-state index is 12.1. The van der Waals surface area contributed by atoms with Gasteiger partial charge in [-0.15, -0.1) is 0 Å². The number of hydrogen-bond donors (Lipinski definition) is 2. The zero-order valence-corrected chi connectivity index (χ0v) is 16.6. The number of amides is 2. The highest BCUT2D eigenvalue weighted by molar-refractivity contribution is 5.85. The molecule has 1 saturated heterocycles. The maximum Gasteiger partial charge on any atom is 0.408 e. The minimum absolute atomic E-state index is 0.225. The summed E-state index contributed by atoms with van der Waals surface area (Å²) in [6.07, 6.45) is 2.90. The molecule has 1 aliphatic rings. The number of nitrogens with one attached hydrogen (secondary N) is 2. The number of alkyl carbamates (subject to hydrolysis) is 1. The van der Waals surface area contributed by atoms with Crippen molar-refractivity contribution in [2.24, 2.45) is 0 Å². The normalized spacial score (nSPS) is 16.5. The first-order chi connectivity index (χ1) is 12.7. The average molecular weight is 378 g/mol. The first kappa shape index (κ1) is 20.9. The van der Waals surface area contributed by atoms with E-state index in [-0.39, 0.29) is 5.91 Å². The summed E-state index contributed by atoms with van der Waals surface area (Å²) in [6, 6.07) is 1.16. The van der Waals surface area contributed by atoms with Crippen LogP contribution in [0, 0.1) is 0 Å². The Balaban J connectivity index is 1.63. The van der Waals surface area contributed by atoms with Crippen LogP contribution in [0.4, 0.5) is 10.7 Å². The van der Waals surface area contributed by atoms with Crippen LogP contribution >= 0.6 is 0 Å². The fourth-order valence-corrected chi connectivity index (χ4v) is 2.67. The molecule has 1 atom stereocenters. The van der Waals surface area contributed by atoms with E-state index in [0.29, 0.717) is 6.54 Å². The second-order valence-corrected chi connectivity index (χ2v) is 7.54. The van der Waals surface area contributed by atoms with Crippen molar-refractivity contribution in [2.75, 3.05) is 44.2 Å². The number of aromatic nitrogens is 2. The van der Waals surface area contributed by atoms with Crippen LogP contribution in [0.5, 0.6) is 0 Å². The molecule has 9 heteroatoms. The van der Waals surface area contributed by atoms with Crippen molar-refractivity contribution in [2.45, 2.75) is 39.3 Å². The molecule has 1 aliphatic heterocycles. The first-order valence-electron chi connectivity index (χ1n) is 9.26. The van der Waals surface area contributed by atoms with Gasteiger partial charge >= 0.3 is 6.09 Å². The van der Waals surface area contributed by atoms with E-state index in [0.717, 1.165) is 38.7 Å². The molecule has 0 aliphatic carbocycles. The second kappa shape index (κ2) is 9.50. The molecule has 0 bridgehead atoms. The van der Waals surface area contributed by atoms with Crippen LogP contribution in [0.1, 0.15) is 27.7 Å². The van der Waals surface area contributed by atoms with Crippen molar-refractivity contribution in [1.82, 2.24) is 25.5 Å². The molecule has 150 valence electrons. The summed E-state index contributed by atoms with van der Waals surface area (Å²) in [6.45, 7) is 11.7. The average Bonchev–Trinajstić information content (AvgIpc) is 2.61. The lowest BCUT2D eigenvalue weighted by Gasteiger charge is -2.34. The van der Waals surface area contributed by atoms with Crippen LogP contribution in [0.3, 0.4) is 0 Å². The summed E-state index contributed by atoms with van der Waals surface area (Å²) in [4.78, 5) is 36.8. The van der Waals surface area contributed by atoms with Gasteiger partial charge < -0.3 is 20.3 Å². The van der Waals surface area contributed by atoms with Crippen molar-refractivity contribution in [3.63, 3.8) is 0 Å². The first-order valence-corrected chi connectivity index (χ1v) is 9.26. The molecular weight excluding hydrogens is 348 g/mol. The Hall–Kier alpha value is -2.42. The van der Waals surface area contributed by atoms with Gasteiger partial charge in [-0.25, -0.2) is 14.8 Å². The van der Waals surface area contributed by atoms with Gasteiger partial charge in [0.05, 0.1) is 0 Å². The molecule has 1 aromatic rings. The summed E-state index contributed by atoms with van der Waals surface area (Å²) in [5.41, 5.74) is -0.590. The number of ether oxygens (including phenoxy) is 1. The molecule has 1 fully saturated rings. The van der Waals surface area contributed by atoms with Crippen molar-refractivity contribution in [1.29, 1.82) is 0 Å². The van der Waals surface area contributed by atoms with Crippen molar-refractivity contribution in [3.05, 3.63) is 18.5 Å². The molecular formula is C18H30N6O3. The minimum Gasteiger partial charge on any atom is -0.444 e. The SMILES string of the molecule is CC(NC(=O)OC(C)(C)C)C(=O)NCCN1CCN(c2ncccn2)CC1. The van der Waals surface area contributed by atoms with Crippen molar-refractivity contribution >= 4 is 17.9 Å². The highest BCUT2D eigenvalue weighted by atomic mass is 16.6. The molecule has 0 aromatic carbocycles. The van der Waals surface area contributed by atoms with E-state index in [1.165, 1.54) is 0 Å². The van der Waals surface area contributed by atoms with E-state index in [2.05, 4.69) is 30.4 Å². The summed E-state index contributed by atoms with van der Waals surface area (Å²) in [5, 5.41) is 5.39. The molecule has 0 radical (unpaired) electrons. The highest BCUT2D eigenvalue weighted by Gasteiger charge is 2.22. The largest absolute Gasteiger partial charge is 0.444 e. The number of carbonyl (C=O) groups is 2. The van der Waals surface area contributed by atoms with Gasteiger partial charge in [-0.05, 0) is 33.8 Å². The van der Waals surface area contributed by atoms with Gasteiger partial charge in [0.25, 0.3) is 0 Å². The van der Waals surface area contributed by atoms with Crippen LogP contribution in [-0.4, -0.2) is 77.8 Å². The molecule has 9 nitrogen and oxygen atoms in total. The van der Waals surface area contributed by atoms with E-state index >= 15 is 0 Å². The summed E-state index contributed by atoms with van der Waals surface area (Å²) >= 11 is 0. The van der Waals surface area contributed by atoms with Crippen LogP contribution in [0.2, 0.25) is 0 Å². The smallest absolute Gasteiger partial charge is 0.408 e. The van der Waals surface area contributed by atoms with E-state index in [4.69, 9.17) is 4.74 Å². The quantitative estimate of drug-likeness (QED) is 0.749. The Morgan fingerprint density at radius 2 is 1.81 bits per heavy atom. The zero-order valence-electron chi connectivity index (χ0n) is 16.6. The van der Waals surface area contributed by atoms with Crippen molar-refractivity contribution < 1.29 is 14.3 Å². The minimum atomic E-state index is -0.646. The number of hydrogen-bond acceptors (Lipinski definition) is 7. The molecule has 27 heavy (non-hydrogen) atoms. The van der Waals surface area contributed by atoms with Gasteiger partial charge in [0.15, 0.2) is 0 Å². The molecule has 0 saturated carbocycles. The van der Waals surface area contributed by atoms with Gasteiger partial charge in [-0.3, -0.25) is 9.69 Å². The topological polar surface area (TPSA) is 99.7 Å². The van der Waals surface area contributed by atoms with Crippen LogP contribution in [0.25, 0.3) is 0 Å². The van der Waals surface area contributed by atoms with Gasteiger partial charge in [-0.1, -0.05) is 0 Å². The number of carbonyl (C=O) groups excluding carboxylic acids is 2. The molecule has 2 amide bonds. The summed E-state index contributed by atoms with van der Waals surface area (Å²) in [7, 11) is 0. The summed E-state index contributed by atoms with van der Waals surface area (Å²) in [5.74, 6) is 0.532. The predicted molar refractivity (Wildman–Crippen MR) is 103 cm³/mol. The van der Waals surface area contributed by atoms with Crippen LogP contribution in [0.15, 0.2) is 18.5 Å². The standard InChI is InChI=1S/C18H30N6O3/c1-14(22-17(26)27-18(2,3)4)15(25)19-8-9-23-10-12-24(13-11-23)16-20-6-5-7-21-16/h5-7,14H,8-13H2,1-4H3,(H,19,25)(H,22,26). The monoisotopic (exact) mass is 378 g/mol. The zero-order chi connectivity index (χ0) is 19.9. The molecule has 2 heterocycles. The van der Waals surface area contributed by atoms with Gasteiger partial charge in [-0.2, -0.15) is 0 Å². The lowest BCUT2D eigenvalue weighted by Crippen LogP contribution is -2.51. The van der Waals surface area contributed by atoms with Gasteiger partial charge in [0.2, 0.25) is 11.9 Å². The lowest BCUT2D eigenvalue weighted by atomic mass is 10.2. The van der Waals surface area contributed by atoms with E-state index in [1.807, 2.05) is 0 Å². The van der Waals surface area contributed by atoms with Gasteiger partial charge in [0, 0.05) is 51.7 Å². The maximum atomic E-state index is 12.1. The number of nitrogens with zero attached hydrogens (tertiary/aromatic N) is 4. The third-order valence-electron chi connectivity index (χ3n) is 4.06. The summed E-state index contributed by atoms with van der Waals surface area (Å²) < 4.78 is 5.15. The Bertz CT molecular complexity index is 611. The fraction of sp³-hybridized carbons (Fsp3) is 0.667. The fourth-order valence-electron chi connectivity index (χ4n) is 2.67. The molecule has 1 unspecified atom stereocenters. The third kappa shape index (κ3) is 7.38. The van der Waals surface area contributed by atoms with Crippen LogP contribution in [-0.2, 0) is 9.53 Å². The molecule has 2 rings (SSSR count). The van der Waals surface area contributed by atoms with Gasteiger partial charge in [0.1, 0.15) is 11.6 Å². The number of piperazine rings is 1. The number of anilines is 1. The lowest BCUT2D eigenvalue weighted by molar-refractivity contribution is -0.122. The van der Waals surface area contributed by atoms with E-state index in [9.17, 15) is 9.59 Å². The second-order valence-electron chi connectivity index (χ2n) is 7.54. The highest BCUT2D eigenvalue weighted by Crippen LogP contribution is 2.09. The molecule has 1 aromatic heterocycles. The molecule has 2 N–H and O–H groups in total. The predicted octanol–water partition coefficient (Wildman–Crippen LogP) is 0.628. The third-order valence-corrected chi connectivity index (χ3v) is 4.06. The Labute approximate surface area is 160 Å². The Morgan fingerprint density at radius 3 is 2.41 bits per heavy atom. The molecule has 0 spiro atoms. The van der Waals surface area contributed by atoms with E-state index < -0.39 is 17.7 Å². The number of rotatable bonds is 6. The van der Waals surface area contributed by atoms with Crippen molar-refractivity contribution in [3.8, 4) is 0 Å².